The van der Waals surface area contributed by atoms with Crippen molar-refractivity contribution in [3.05, 3.63) is 40.4 Å². The molecule has 0 radical (unpaired) electrons. The van der Waals surface area contributed by atoms with Crippen LogP contribution in [-0.4, -0.2) is 129 Å². The predicted octanol–water partition coefficient (Wildman–Crippen LogP) is 2.86. The molecule has 0 bridgehead atoms. The van der Waals surface area contributed by atoms with E-state index in [4.69, 9.17) is 4.98 Å². The minimum absolute atomic E-state index is 0.0390. The summed E-state index contributed by atoms with van der Waals surface area (Å²) < 4.78 is 34.6. The second-order valence-corrected chi connectivity index (χ2v) is 21.8. The maximum Gasteiger partial charge on any atom is 0.329 e. The van der Waals surface area contributed by atoms with Crippen molar-refractivity contribution in [3.8, 4) is 0 Å². The molecule has 18 heteroatoms. The van der Waals surface area contributed by atoms with E-state index in [1.165, 1.54) is 0 Å². The number of fused-ring (bicyclic) bond motifs is 3. The largest absolute Gasteiger partial charge is 0.368 e. The Morgan fingerprint density at radius 1 is 0.871 bits per heavy atom. The quantitative estimate of drug-likeness (QED) is 0.319. The van der Waals surface area contributed by atoms with Gasteiger partial charge in [-0.2, -0.15) is 22.0 Å². The first-order valence-electron chi connectivity index (χ1n) is 23.1. The fraction of sp³-hybridized carbons (Fsp3) is 0.682. The van der Waals surface area contributed by atoms with Gasteiger partial charge in [-0.3, -0.25) is 38.6 Å². The molecule has 6 aliphatic heterocycles. The van der Waals surface area contributed by atoms with E-state index in [0.29, 0.717) is 68.9 Å². The van der Waals surface area contributed by atoms with Crippen LogP contribution in [0.2, 0.25) is 0 Å². The van der Waals surface area contributed by atoms with Crippen molar-refractivity contribution in [3.63, 3.8) is 0 Å². The molecule has 4 unspecified atom stereocenters. The first kappa shape index (κ1) is 40.4. The third-order valence-corrected chi connectivity index (χ3v) is 18.0. The van der Waals surface area contributed by atoms with Gasteiger partial charge >= 0.3 is 5.69 Å². The molecule has 17 nitrogen and oxygen atoms in total. The molecule has 1 aromatic carbocycles. The molecule has 5 saturated heterocycles. The first-order chi connectivity index (χ1) is 29.9. The third kappa shape index (κ3) is 6.43. The topological polar surface area (TPSA) is 178 Å². The summed E-state index contributed by atoms with van der Waals surface area (Å²) in [5.41, 5.74) is 2.67. The van der Waals surface area contributed by atoms with Gasteiger partial charge in [0, 0.05) is 94.6 Å². The van der Waals surface area contributed by atoms with Gasteiger partial charge in [0.1, 0.15) is 11.9 Å². The molecule has 7 fully saturated rings. The molecule has 62 heavy (non-hydrogen) atoms. The fourth-order valence-corrected chi connectivity index (χ4v) is 14.3. The highest BCUT2D eigenvalue weighted by Crippen LogP contribution is 2.58. The van der Waals surface area contributed by atoms with E-state index >= 15 is 0 Å². The molecule has 332 valence electrons. The van der Waals surface area contributed by atoms with Gasteiger partial charge in [0.05, 0.1) is 22.1 Å². The average Bonchev–Trinajstić information content (AvgIpc) is 3.83. The maximum atomic E-state index is 14.0. The van der Waals surface area contributed by atoms with Crippen LogP contribution >= 0.6 is 0 Å². The van der Waals surface area contributed by atoms with E-state index in [9.17, 15) is 27.6 Å². The minimum atomic E-state index is -3.60. The number of nitrogens with zero attached hydrogens (tertiary/aromatic N) is 9. The lowest BCUT2D eigenvalue weighted by Crippen LogP contribution is -2.67. The van der Waals surface area contributed by atoms with Gasteiger partial charge in [0.25, 0.3) is 10.2 Å². The van der Waals surface area contributed by atoms with Crippen molar-refractivity contribution in [1.82, 2.24) is 37.9 Å². The summed E-state index contributed by atoms with van der Waals surface area (Å²) in [6.45, 7) is 7.67. The zero-order valence-corrected chi connectivity index (χ0v) is 36.7. The zero-order chi connectivity index (χ0) is 42.7. The van der Waals surface area contributed by atoms with Crippen LogP contribution in [-0.2, 0) is 37.1 Å². The number of piperidine rings is 4. The zero-order valence-electron chi connectivity index (χ0n) is 35.9. The summed E-state index contributed by atoms with van der Waals surface area (Å²) in [5, 5.41) is 5.91. The monoisotopic (exact) mass is 869 g/mol. The number of anilines is 3. The Balaban J connectivity index is 0.714. The van der Waals surface area contributed by atoms with E-state index in [1.54, 1.807) is 24.8 Å². The summed E-state index contributed by atoms with van der Waals surface area (Å²) in [6.07, 6.45) is 12.7. The summed E-state index contributed by atoms with van der Waals surface area (Å²) in [7, 11) is -1.85. The molecule has 2 N–H and O–H groups in total. The van der Waals surface area contributed by atoms with Crippen LogP contribution in [0.4, 0.5) is 17.5 Å². The van der Waals surface area contributed by atoms with Crippen LogP contribution < -0.4 is 26.1 Å². The highest BCUT2D eigenvalue weighted by molar-refractivity contribution is 7.86. The Morgan fingerprint density at radius 3 is 2.42 bits per heavy atom. The smallest absolute Gasteiger partial charge is 0.329 e. The molecule has 3 amide bonds. The SMILES string of the molecule is CC1CCCC1N1C(=O)C2(CC2)c2cnc(NC3CCN(S(=O)(=O)N4CC5(CCCN(C6CCCN(c7cccc8c7n(C)c(=O)n8C7CCC(=O)NC7=O)C6)C5)C4)CC3)nc21. The van der Waals surface area contributed by atoms with E-state index in [2.05, 4.69) is 38.4 Å². The summed E-state index contributed by atoms with van der Waals surface area (Å²) in [4.78, 5) is 68.6. The van der Waals surface area contributed by atoms with Gasteiger partial charge in [-0.1, -0.05) is 19.4 Å². The van der Waals surface area contributed by atoms with Crippen molar-refractivity contribution in [1.29, 1.82) is 0 Å². The number of hydrogen-bond acceptors (Lipinski definition) is 11. The van der Waals surface area contributed by atoms with Crippen LogP contribution in [0, 0.1) is 11.3 Å². The summed E-state index contributed by atoms with van der Waals surface area (Å²) in [6, 6.07) is 5.68. The molecule has 11 rings (SSSR count). The van der Waals surface area contributed by atoms with E-state index in [0.717, 1.165) is 107 Å². The lowest BCUT2D eigenvalue weighted by atomic mass is 9.74. The Labute approximate surface area is 362 Å². The molecule has 8 aliphatic rings. The van der Waals surface area contributed by atoms with E-state index in [1.807, 2.05) is 23.2 Å². The fourth-order valence-electron chi connectivity index (χ4n) is 12.5. The molecular weight excluding hydrogens is 811 g/mol. The first-order valence-corrected chi connectivity index (χ1v) is 24.5. The molecule has 3 aromatic rings. The Kier molecular flexibility index (Phi) is 9.67. The second-order valence-electron chi connectivity index (χ2n) is 19.9. The lowest BCUT2D eigenvalue weighted by Gasteiger charge is -2.56. The number of rotatable bonds is 8. The van der Waals surface area contributed by atoms with Gasteiger partial charge in [0.15, 0.2) is 0 Å². The number of likely N-dealkylation sites (tertiary alicyclic amines) is 1. The molecule has 2 spiro atoms. The number of imide groups is 1. The number of aromatic nitrogens is 4. The molecule has 2 aromatic heterocycles. The molecule has 8 heterocycles. The van der Waals surface area contributed by atoms with Gasteiger partial charge in [-0.25, -0.2) is 9.78 Å². The van der Waals surface area contributed by atoms with E-state index in [-0.39, 0.29) is 41.4 Å². The standard InChI is InChI=1S/C44H59N11O6S/c1-28-7-3-9-32(28)55-38-31(44(17-18-44)40(55)58)23-45-41(48-38)46-29-14-21-52(22-15-29)62(60,61)53-26-43(27-53)16-6-20-51(25-43)30-8-5-19-50(24-30)33-10-4-11-34-37(33)49(2)42(59)54(34)35-12-13-36(56)47-39(35)57/h4,10-11,23,28-30,32,35H,3,5-9,12-22,24-27H2,1-2H3,(H,45,46,48)(H,47,56,57). The van der Waals surface area contributed by atoms with Gasteiger partial charge in [0.2, 0.25) is 23.7 Å². The molecule has 4 atom stereocenters. The van der Waals surface area contributed by atoms with Crippen molar-refractivity contribution in [2.24, 2.45) is 18.4 Å². The highest BCUT2D eigenvalue weighted by atomic mass is 32.2. The van der Waals surface area contributed by atoms with Crippen molar-refractivity contribution >= 4 is 56.4 Å². The Bertz CT molecular complexity index is 2500. The number of imidazole rings is 1. The van der Waals surface area contributed by atoms with Crippen LogP contribution in [0.3, 0.4) is 0 Å². The normalized spacial score (nSPS) is 29.4. The Morgan fingerprint density at radius 2 is 1.68 bits per heavy atom. The van der Waals surface area contributed by atoms with E-state index < -0.39 is 27.6 Å². The minimum Gasteiger partial charge on any atom is -0.368 e. The van der Waals surface area contributed by atoms with Crippen LogP contribution in [0.15, 0.2) is 29.2 Å². The van der Waals surface area contributed by atoms with Crippen molar-refractivity contribution in [2.75, 3.05) is 67.5 Å². The number of hydrogen-bond donors (Lipinski definition) is 2. The average molecular weight is 870 g/mol. The Hall–Kier alpha value is -4.39. The number of nitrogens with one attached hydrogen (secondary N) is 2. The molecular formula is C44H59N11O6S. The van der Waals surface area contributed by atoms with Crippen molar-refractivity contribution in [2.45, 2.75) is 120 Å². The summed E-state index contributed by atoms with van der Waals surface area (Å²) >= 11 is 0. The van der Waals surface area contributed by atoms with Crippen molar-refractivity contribution < 1.29 is 22.8 Å². The van der Waals surface area contributed by atoms with Crippen LogP contribution in [0.5, 0.6) is 0 Å². The highest BCUT2D eigenvalue weighted by Gasteiger charge is 2.62. The number of amides is 3. The predicted molar refractivity (Wildman–Crippen MR) is 233 cm³/mol. The van der Waals surface area contributed by atoms with Gasteiger partial charge < -0.3 is 10.2 Å². The number of benzene rings is 1. The number of carbonyl (C=O) groups is 3. The summed E-state index contributed by atoms with van der Waals surface area (Å²) in [5.74, 6) is 1.20. The maximum absolute atomic E-state index is 14.0. The molecule has 2 aliphatic carbocycles. The van der Waals surface area contributed by atoms with Crippen LogP contribution in [0.1, 0.15) is 102 Å². The van der Waals surface area contributed by atoms with Gasteiger partial charge in [-0.05, 0) is 95.2 Å². The van der Waals surface area contributed by atoms with Crippen LogP contribution in [0.25, 0.3) is 11.0 Å². The lowest BCUT2D eigenvalue weighted by molar-refractivity contribution is -0.135. The molecule has 2 saturated carbocycles. The third-order valence-electron chi connectivity index (χ3n) is 16.0. The number of aryl methyl sites for hydroxylation is 1. The number of carbonyl (C=O) groups excluding carboxylic acids is 3. The van der Waals surface area contributed by atoms with Gasteiger partial charge in [-0.15, -0.1) is 0 Å². The number of para-hydroxylation sites is 1. The second kappa shape index (κ2) is 14.8.